The van der Waals surface area contributed by atoms with Crippen LogP contribution in [-0.4, -0.2) is 29.5 Å². The second-order valence-corrected chi connectivity index (χ2v) is 5.12. The van der Waals surface area contributed by atoms with Crippen LogP contribution in [0, 0.1) is 6.92 Å². The molecule has 1 aromatic carbocycles. The lowest BCUT2D eigenvalue weighted by molar-refractivity contribution is 0.102. The van der Waals surface area contributed by atoms with Crippen molar-refractivity contribution in [2.24, 2.45) is 0 Å². The van der Waals surface area contributed by atoms with Gasteiger partial charge in [-0.15, -0.1) is 6.58 Å². The Bertz CT molecular complexity index is 717. The third-order valence-corrected chi connectivity index (χ3v) is 3.45. The van der Waals surface area contributed by atoms with Gasteiger partial charge in [0, 0.05) is 17.6 Å². The number of carbonyl (C=O) groups is 1. The van der Waals surface area contributed by atoms with Crippen molar-refractivity contribution in [2.45, 2.75) is 6.92 Å². The van der Waals surface area contributed by atoms with Crippen LogP contribution in [-0.2, 0) is 0 Å². The largest absolute Gasteiger partial charge is 0.495 e. The zero-order chi connectivity index (χ0) is 16.8. The molecule has 7 heteroatoms. The zero-order valence-electron chi connectivity index (χ0n) is 12.9. The molecule has 0 fully saturated rings. The fraction of sp³-hybridized carbons (Fsp3) is 0.188. The quantitative estimate of drug-likeness (QED) is 0.794. The molecular formula is C16H17ClN4O2. The Balaban J connectivity index is 2.15. The Morgan fingerprint density at radius 3 is 2.78 bits per heavy atom. The number of ether oxygens (including phenoxy) is 1. The van der Waals surface area contributed by atoms with Gasteiger partial charge in [-0.1, -0.05) is 17.7 Å². The minimum Gasteiger partial charge on any atom is -0.495 e. The molecule has 2 rings (SSSR count). The second-order valence-electron chi connectivity index (χ2n) is 4.71. The fourth-order valence-electron chi connectivity index (χ4n) is 1.83. The van der Waals surface area contributed by atoms with E-state index in [9.17, 15) is 4.79 Å². The molecule has 0 unspecified atom stereocenters. The molecule has 0 bridgehead atoms. The molecule has 0 spiro atoms. The smallest absolute Gasteiger partial charge is 0.275 e. The number of carbonyl (C=O) groups excluding carboxylic acids is 1. The molecule has 2 N–H and O–H groups in total. The van der Waals surface area contributed by atoms with Crippen molar-refractivity contribution in [3.05, 3.63) is 53.5 Å². The summed E-state index contributed by atoms with van der Waals surface area (Å²) in [5.74, 6) is 0.667. The predicted molar refractivity (Wildman–Crippen MR) is 91.4 cm³/mol. The van der Waals surface area contributed by atoms with Crippen molar-refractivity contribution in [3.63, 3.8) is 0 Å². The summed E-state index contributed by atoms with van der Waals surface area (Å²) in [6.07, 6.45) is 4.59. The molecule has 120 valence electrons. The molecule has 0 saturated carbocycles. The maximum Gasteiger partial charge on any atom is 0.275 e. The molecule has 0 radical (unpaired) electrons. The maximum absolute atomic E-state index is 12.3. The number of aryl methyl sites for hydroxylation is 1. The number of rotatable bonds is 6. The van der Waals surface area contributed by atoms with Gasteiger partial charge in [0.2, 0.25) is 0 Å². The van der Waals surface area contributed by atoms with Gasteiger partial charge in [0.15, 0.2) is 0 Å². The van der Waals surface area contributed by atoms with Crippen LogP contribution in [0.5, 0.6) is 5.75 Å². The highest BCUT2D eigenvalue weighted by Gasteiger charge is 2.13. The molecule has 1 amide bonds. The number of nitrogens with one attached hydrogen (secondary N) is 2. The van der Waals surface area contributed by atoms with Gasteiger partial charge >= 0.3 is 0 Å². The summed E-state index contributed by atoms with van der Waals surface area (Å²) in [5.41, 5.74) is 1.55. The molecule has 6 nitrogen and oxygen atoms in total. The van der Waals surface area contributed by atoms with E-state index >= 15 is 0 Å². The van der Waals surface area contributed by atoms with Crippen LogP contribution in [0.2, 0.25) is 5.02 Å². The minimum atomic E-state index is -0.382. The molecule has 0 aliphatic heterocycles. The number of anilines is 2. The summed E-state index contributed by atoms with van der Waals surface area (Å²) in [4.78, 5) is 20.5. The van der Waals surface area contributed by atoms with Crippen molar-refractivity contribution in [1.29, 1.82) is 0 Å². The first kappa shape index (κ1) is 16.8. The van der Waals surface area contributed by atoms with Crippen LogP contribution >= 0.6 is 11.6 Å². The van der Waals surface area contributed by atoms with Crippen LogP contribution in [0.1, 0.15) is 16.1 Å². The van der Waals surface area contributed by atoms with Crippen molar-refractivity contribution >= 4 is 29.0 Å². The third-order valence-electron chi connectivity index (χ3n) is 3.04. The predicted octanol–water partition coefficient (Wildman–Crippen LogP) is 3.30. The lowest BCUT2D eigenvalue weighted by Gasteiger charge is -2.12. The molecule has 1 aromatic heterocycles. The van der Waals surface area contributed by atoms with Crippen LogP contribution in [0.4, 0.5) is 11.5 Å². The number of nitrogens with zero attached hydrogens (tertiary/aromatic N) is 2. The van der Waals surface area contributed by atoms with Gasteiger partial charge < -0.3 is 15.4 Å². The first-order valence-corrected chi connectivity index (χ1v) is 7.25. The number of halogens is 1. The number of benzene rings is 1. The summed E-state index contributed by atoms with van der Waals surface area (Å²) >= 11 is 6.05. The van der Waals surface area contributed by atoms with Gasteiger partial charge in [0.1, 0.15) is 17.3 Å². The number of methoxy groups -OCH3 is 1. The van der Waals surface area contributed by atoms with Crippen LogP contribution < -0.4 is 15.4 Å². The fourth-order valence-corrected chi connectivity index (χ4v) is 1.98. The summed E-state index contributed by atoms with van der Waals surface area (Å²) in [6, 6.07) is 3.40. The second kappa shape index (κ2) is 7.60. The van der Waals surface area contributed by atoms with Crippen molar-refractivity contribution in [3.8, 4) is 5.75 Å². The Kier molecular flexibility index (Phi) is 5.54. The molecule has 0 atom stereocenters. The van der Waals surface area contributed by atoms with E-state index < -0.39 is 0 Å². The molecule has 23 heavy (non-hydrogen) atoms. The SMILES string of the molecule is C=CCNc1cnc(C(=O)Nc2cc(C)c(Cl)cc2OC)cn1. The Hall–Kier alpha value is -2.60. The first-order valence-electron chi connectivity index (χ1n) is 6.87. The summed E-state index contributed by atoms with van der Waals surface area (Å²) in [5, 5.41) is 6.30. The minimum absolute atomic E-state index is 0.198. The average Bonchev–Trinajstić information content (AvgIpc) is 2.56. The molecular weight excluding hydrogens is 316 g/mol. The number of hydrogen-bond acceptors (Lipinski definition) is 5. The lowest BCUT2D eigenvalue weighted by Crippen LogP contribution is -2.15. The van der Waals surface area contributed by atoms with Crippen LogP contribution in [0.3, 0.4) is 0 Å². The summed E-state index contributed by atoms with van der Waals surface area (Å²) in [6.45, 7) is 6.02. The van der Waals surface area contributed by atoms with E-state index in [0.717, 1.165) is 5.56 Å². The molecule has 0 saturated heterocycles. The highest BCUT2D eigenvalue weighted by molar-refractivity contribution is 6.31. The highest BCUT2D eigenvalue weighted by atomic mass is 35.5. The van der Waals surface area contributed by atoms with Crippen LogP contribution in [0.15, 0.2) is 37.2 Å². The third kappa shape index (κ3) is 4.20. The standard InChI is InChI=1S/C16H17ClN4O2/c1-4-5-18-15-9-19-13(8-20-15)16(22)21-12-6-10(2)11(17)7-14(12)23-3/h4,6-9H,1,5H2,2-3H3,(H,18,20)(H,21,22). The summed E-state index contributed by atoms with van der Waals surface area (Å²) < 4.78 is 5.23. The van der Waals surface area contributed by atoms with E-state index in [1.165, 1.54) is 19.5 Å². The van der Waals surface area contributed by atoms with Crippen molar-refractivity contribution in [2.75, 3.05) is 24.3 Å². The van der Waals surface area contributed by atoms with E-state index in [4.69, 9.17) is 16.3 Å². The number of aromatic nitrogens is 2. The monoisotopic (exact) mass is 332 g/mol. The van der Waals surface area contributed by atoms with Gasteiger partial charge in [-0.3, -0.25) is 4.79 Å². The van der Waals surface area contributed by atoms with Gasteiger partial charge in [0.05, 0.1) is 25.2 Å². The van der Waals surface area contributed by atoms with Gasteiger partial charge in [-0.2, -0.15) is 0 Å². The average molecular weight is 333 g/mol. The van der Waals surface area contributed by atoms with Crippen LogP contribution in [0.25, 0.3) is 0 Å². The first-order chi connectivity index (χ1) is 11.0. The van der Waals surface area contributed by atoms with Gasteiger partial charge in [-0.25, -0.2) is 9.97 Å². The number of amides is 1. The molecule has 2 aromatic rings. The van der Waals surface area contributed by atoms with Crippen molar-refractivity contribution in [1.82, 2.24) is 9.97 Å². The lowest BCUT2D eigenvalue weighted by atomic mass is 10.2. The topological polar surface area (TPSA) is 76.1 Å². The van der Waals surface area contributed by atoms with E-state index in [0.29, 0.717) is 28.8 Å². The normalized spacial score (nSPS) is 10.0. The summed E-state index contributed by atoms with van der Waals surface area (Å²) in [7, 11) is 1.51. The van der Waals surface area contributed by atoms with E-state index in [1.54, 1.807) is 18.2 Å². The van der Waals surface area contributed by atoms with Crippen molar-refractivity contribution < 1.29 is 9.53 Å². The maximum atomic E-state index is 12.3. The van der Waals surface area contributed by atoms with E-state index in [-0.39, 0.29) is 11.6 Å². The Labute approximate surface area is 139 Å². The van der Waals surface area contributed by atoms with E-state index in [2.05, 4.69) is 27.2 Å². The molecule has 0 aliphatic rings. The zero-order valence-corrected chi connectivity index (χ0v) is 13.6. The van der Waals surface area contributed by atoms with Gasteiger partial charge in [0.25, 0.3) is 5.91 Å². The van der Waals surface area contributed by atoms with Gasteiger partial charge in [-0.05, 0) is 18.6 Å². The molecule has 0 aliphatic carbocycles. The Morgan fingerprint density at radius 2 is 2.17 bits per heavy atom. The Morgan fingerprint density at radius 1 is 1.39 bits per heavy atom. The number of hydrogen-bond donors (Lipinski definition) is 2. The highest BCUT2D eigenvalue weighted by Crippen LogP contribution is 2.31. The van der Waals surface area contributed by atoms with E-state index in [1.807, 2.05) is 6.92 Å². The molecule has 1 heterocycles.